The van der Waals surface area contributed by atoms with Gasteiger partial charge in [-0.05, 0) is 30.0 Å². The summed E-state index contributed by atoms with van der Waals surface area (Å²) in [5, 5.41) is 34.0. The highest BCUT2D eigenvalue weighted by molar-refractivity contribution is 5.95. The van der Waals surface area contributed by atoms with Crippen molar-refractivity contribution in [1.82, 2.24) is 25.6 Å². The fourth-order valence-electron chi connectivity index (χ4n) is 1.64. The van der Waals surface area contributed by atoms with Crippen molar-refractivity contribution in [2.45, 2.75) is 13.5 Å². The van der Waals surface area contributed by atoms with Gasteiger partial charge in [-0.2, -0.15) is 5.10 Å². The van der Waals surface area contributed by atoms with Gasteiger partial charge < -0.3 is 20.0 Å². The van der Waals surface area contributed by atoms with Crippen LogP contribution in [0, 0.1) is 10.1 Å². The highest BCUT2D eigenvalue weighted by atomic mass is 16.6. The Labute approximate surface area is 134 Å². The number of hydrazone groups is 1. The summed E-state index contributed by atoms with van der Waals surface area (Å²) in [7, 11) is 1.36. The first-order valence-electron chi connectivity index (χ1n) is 6.53. The Balaban J connectivity index is 2.00. The van der Waals surface area contributed by atoms with Gasteiger partial charge in [-0.3, -0.25) is 4.79 Å². The van der Waals surface area contributed by atoms with Gasteiger partial charge in [0.2, 0.25) is 0 Å². The molecule has 2 aromatic rings. The van der Waals surface area contributed by atoms with Gasteiger partial charge in [0.25, 0.3) is 5.91 Å². The molecular formula is C12H13N7O5. The minimum absolute atomic E-state index is 0.0139. The lowest BCUT2D eigenvalue weighted by Gasteiger charge is -2.06. The molecule has 0 unspecified atom stereocenters. The van der Waals surface area contributed by atoms with Crippen LogP contribution in [0.15, 0.2) is 23.3 Å². The Morgan fingerprint density at radius 3 is 2.92 bits per heavy atom. The fraction of sp³-hybridized carbons (Fsp3) is 0.250. The van der Waals surface area contributed by atoms with Gasteiger partial charge in [0.15, 0.2) is 11.5 Å². The summed E-state index contributed by atoms with van der Waals surface area (Å²) >= 11 is 0. The third kappa shape index (κ3) is 4.00. The SMILES string of the molecule is COc1cc(C(=O)N/N=C(\C)Cn2nnc([N+](=O)[O-])n2)ccc1O. The molecule has 24 heavy (non-hydrogen) atoms. The van der Waals surface area contributed by atoms with E-state index in [1.807, 2.05) is 0 Å². The van der Waals surface area contributed by atoms with E-state index in [0.717, 1.165) is 4.80 Å². The third-order valence-corrected chi connectivity index (χ3v) is 2.77. The van der Waals surface area contributed by atoms with E-state index in [1.54, 1.807) is 6.92 Å². The highest BCUT2D eigenvalue weighted by Gasteiger charge is 2.15. The zero-order valence-corrected chi connectivity index (χ0v) is 12.7. The van der Waals surface area contributed by atoms with Crippen LogP contribution in [-0.2, 0) is 6.54 Å². The number of benzene rings is 1. The van der Waals surface area contributed by atoms with Crippen LogP contribution in [-0.4, -0.2) is 49.0 Å². The molecule has 0 bridgehead atoms. The maximum Gasteiger partial charge on any atom is 0.514 e. The lowest BCUT2D eigenvalue weighted by molar-refractivity contribution is -0.394. The zero-order chi connectivity index (χ0) is 17.7. The van der Waals surface area contributed by atoms with Crippen molar-refractivity contribution in [3.05, 3.63) is 33.9 Å². The van der Waals surface area contributed by atoms with Crippen LogP contribution in [0.3, 0.4) is 0 Å². The number of carbonyl (C=O) groups excluding carboxylic acids is 1. The summed E-state index contributed by atoms with van der Waals surface area (Å²) in [4.78, 5) is 22.7. The van der Waals surface area contributed by atoms with Crippen molar-refractivity contribution < 1.29 is 19.6 Å². The molecule has 2 N–H and O–H groups in total. The molecular weight excluding hydrogens is 322 g/mol. The molecule has 12 heteroatoms. The molecule has 1 aromatic heterocycles. The number of methoxy groups -OCH3 is 1. The Bertz CT molecular complexity index is 801. The molecule has 0 radical (unpaired) electrons. The molecule has 0 aliphatic rings. The predicted molar refractivity (Wildman–Crippen MR) is 79.7 cm³/mol. The quantitative estimate of drug-likeness (QED) is 0.427. The number of carbonyl (C=O) groups is 1. The molecule has 0 spiro atoms. The Kier molecular flexibility index (Phi) is 4.99. The summed E-state index contributed by atoms with van der Waals surface area (Å²) in [6.07, 6.45) is 0. The van der Waals surface area contributed by atoms with E-state index in [-0.39, 0.29) is 23.6 Å². The van der Waals surface area contributed by atoms with Gasteiger partial charge in [-0.25, -0.2) is 5.43 Å². The number of nitrogens with zero attached hydrogens (tertiary/aromatic N) is 6. The molecule has 0 saturated heterocycles. The minimum atomic E-state index is -0.768. The first-order valence-corrected chi connectivity index (χ1v) is 6.53. The average Bonchev–Trinajstić information content (AvgIpc) is 3.01. The number of nitro groups is 1. The molecule has 126 valence electrons. The molecule has 1 amide bonds. The number of amides is 1. The number of ether oxygens (including phenoxy) is 1. The molecule has 0 fully saturated rings. The molecule has 1 heterocycles. The van der Waals surface area contributed by atoms with E-state index in [9.17, 15) is 20.0 Å². The second-order valence-corrected chi connectivity index (χ2v) is 4.55. The van der Waals surface area contributed by atoms with E-state index in [4.69, 9.17) is 4.74 Å². The van der Waals surface area contributed by atoms with Gasteiger partial charge in [0.1, 0.15) is 6.54 Å². The van der Waals surface area contributed by atoms with E-state index in [1.165, 1.54) is 25.3 Å². The van der Waals surface area contributed by atoms with E-state index < -0.39 is 16.8 Å². The first kappa shape index (κ1) is 16.8. The summed E-state index contributed by atoms with van der Waals surface area (Å²) < 4.78 is 4.91. The number of aromatic nitrogens is 4. The Morgan fingerprint density at radius 2 is 2.29 bits per heavy atom. The number of hydrogen-bond acceptors (Lipinski definition) is 9. The Hall–Kier alpha value is -3.57. The lowest BCUT2D eigenvalue weighted by atomic mass is 10.2. The predicted octanol–water partition coefficient (Wildman–Crippen LogP) is 0.101. The van der Waals surface area contributed by atoms with Gasteiger partial charge in [0.05, 0.1) is 23.0 Å². The molecule has 12 nitrogen and oxygen atoms in total. The van der Waals surface area contributed by atoms with Crippen LogP contribution in [0.25, 0.3) is 0 Å². The van der Waals surface area contributed by atoms with Crippen LogP contribution in [0.4, 0.5) is 5.95 Å². The zero-order valence-electron chi connectivity index (χ0n) is 12.7. The molecule has 0 aliphatic carbocycles. The van der Waals surface area contributed by atoms with Crippen molar-refractivity contribution in [2.75, 3.05) is 7.11 Å². The van der Waals surface area contributed by atoms with Crippen molar-refractivity contribution in [3.63, 3.8) is 0 Å². The second-order valence-electron chi connectivity index (χ2n) is 4.55. The van der Waals surface area contributed by atoms with Crippen LogP contribution >= 0.6 is 0 Å². The summed E-state index contributed by atoms with van der Waals surface area (Å²) in [6, 6.07) is 4.08. The molecule has 1 aromatic carbocycles. The van der Waals surface area contributed by atoms with Crippen LogP contribution in [0.5, 0.6) is 11.5 Å². The fourth-order valence-corrected chi connectivity index (χ4v) is 1.64. The monoisotopic (exact) mass is 335 g/mol. The van der Waals surface area contributed by atoms with Crippen molar-refractivity contribution in [2.24, 2.45) is 5.10 Å². The molecule has 0 aliphatic heterocycles. The second kappa shape index (κ2) is 7.13. The number of nitrogens with one attached hydrogen (secondary N) is 1. The number of tetrazole rings is 1. The standard InChI is InChI=1S/C12H13N7O5/c1-7(6-18-16-12(15-17-18)19(22)23)13-14-11(21)8-3-4-9(20)10(5-8)24-2/h3-5,20H,6H2,1-2H3,(H,14,21)/b13-7+. The Morgan fingerprint density at radius 1 is 1.54 bits per heavy atom. The topological polar surface area (TPSA) is 158 Å². The number of aromatic hydroxyl groups is 1. The third-order valence-electron chi connectivity index (χ3n) is 2.77. The normalized spacial score (nSPS) is 11.2. The van der Waals surface area contributed by atoms with Crippen molar-refractivity contribution >= 4 is 17.6 Å². The van der Waals surface area contributed by atoms with Gasteiger partial charge in [-0.1, -0.05) is 4.80 Å². The summed E-state index contributed by atoms with van der Waals surface area (Å²) in [6.45, 7) is 1.59. The minimum Gasteiger partial charge on any atom is -0.504 e. The molecule has 2 rings (SSSR count). The smallest absolute Gasteiger partial charge is 0.504 e. The maximum atomic E-state index is 12.0. The number of hydrogen-bond donors (Lipinski definition) is 2. The number of phenolic OH excluding ortho intramolecular Hbond substituents is 1. The molecule has 0 atom stereocenters. The average molecular weight is 335 g/mol. The van der Waals surface area contributed by atoms with E-state index in [0.29, 0.717) is 5.71 Å². The number of phenols is 1. The highest BCUT2D eigenvalue weighted by Crippen LogP contribution is 2.26. The summed E-state index contributed by atoms with van der Waals surface area (Å²) in [5.41, 5.74) is 2.93. The van der Waals surface area contributed by atoms with E-state index in [2.05, 4.69) is 25.9 Å². The number of rotatable bonds is 6. The first-order chi connectivity index (χ1) is 11.4. The van der Waals surface area contributed by atoms with E-state index >= 15 is 0 Å². The van der Waals surface area contributed by atoms with Crippen LogP contribution in [0.2, 0.25) is 0 Å². The van der Waals surface area contributed by atoms with Crippen molar-refractivity contribution in [1.29, 1.82) is 0 Å². The van der Waals surface area contributed by atoms with Crippen LogP contribution < -0.4 is 10.2 Å². The summed E-state index contributed by atoms with van der Waals surface area (Å²) in [5.74, 6) is -1.08. The van der Waals surface area contributed by atoms with Gasteiger partial charge in [0, 0.05) is 10.8 Å². The largest absolute Gasteiger partial charge is 0.514 e. The van der Waals surface area contributed by atoms with Gasteiger partial charge >= 0.3 is 5.95 Å². The van der Waals surface area contributed by atoms with Crippen molar-refractivity contribution in [3.8, 4) is 11.5 Å². The maximum absolute atomic E-state index is 12.0. The molecule has 0 saturated carbocycles. The van der Waals surface area contributed by atoms with Gasteiger partial charge in [-0.15, -0.1) is 0 Å². The lowest BCUT2D eigenvalue weighted by Crippen LogP contribution is -2.21. The van der Waals surface area contributed by atoms with Crippen LogP contribution in [0.1, 0.15) is 17.3 Å².